The number of nitrogens with zero attached hydrogens (tertiary/aromatic N) is 1. The predicted molar refractivity (Wildman–Crippen MR) is 55.3 cm³/mol. The van der Waals surface area contributed by atoms with Crippen LogP contribution < -0.4 is 5.32 Å². The lowest BCUT2D eigenvalue weighted by atomic mass is 10.4. The fourth-order valence-corrected chi connectivity index (χ4v) is 0.983. The Morgan fingerprint density at radius 3 is 2.94 bits per heavy atom. The van der Waals surface area contributed by atoms with E-state index in [0.29, 0.717) is 6.61 Å². The van der Waals surface area contributed by atoms with Crippen LogP contribution in [0.15, 0.2) is 6.07 Å². The van der Waals surface area contributed by atoms with Crippen LogP contribution in [-0.4, -0.2) is 40.4 Å². The van der Waals surface area contributed by atoms with E-state index in [0.717, 1.165) is 6.42 Å². The van der Waals surface area contributed by atoms with Crippen molar-refractivity contribution >= 4 is 17.7 Å². The second kappa shape index (κ2) is 5.86. The van der Waals surface area contributed by atoms with Crippen LogP contribution in [0.1, 0.15) is 23.8 Å². The number of hydrogen-bond donors (Lipinski definition) is 3. The highest BCUT2D eigenvalue weighted by molar-refractivity contribution is 5.92. The maximum Gasteiger partial charge on any atom is 0.353 e. The molecule has 88 valence electrons. The molecule has 7 heteroatoms. The zero-order valence-corrected chi connectivity index (χ0v) is 8.82. The van der Waals surface area contributed by atoms with E-state index in [-0.39, 0.29) is 24.0 Å². The predicted octanol–water partition coefficient (Wildman–Crippen LogP) is 0.473. The number of anilines is 1. The van der Waals surface area contributed by atoms with E-state index in [1.54, 1.807) is 0 Å². The van der Waals surface area contributed by atoms with Gasteiger partial charge in [0.05, 0.1) is 0 Å². The maximum absolute atomic E-state index is 11.2. The molecule has 0 aliphatic heterocycles. The van der Waals surface area contributed by atoms with E-state index in [1.807, 2.05) is 6.92 Å². The minimum absolute atomic E-state index is 0.0664. The van der Waals surface area contributed by atoms with Gasteiger partial charge in [-0.1, -0.05) is 6.92 Å². The van der Waals surface area contributed by atoms with Gasteiger partial charge in [-0.25, -0.2) is 4.79 Å². The van der Waals surface area contributed by atoms with Gasteiger partial charge >= 0.3 is 5.97 Å². The third kappa shape index (κ3) is 3.70. The fourth-order valence-electron chi connectivity index (χ4n) is 0.983. The van der Waals surface area contributed by atoms with Crippen molar-refractivity contribution < 1.29 is 19.4 Å². The minimum atomic E-state index is -1.13. The maximum atomic E-state index is 11.2. The molecule has 1 aromatic rings. The number of carboxylic acid groups (broad SMARTS) is 1. The standard InChI is InChI=1S/C9H13N3O4/c1-2-3-16-5-8(13)10-7-4-6(9(14)15)11-12-7/h4H,2-3,5H2,1H3,(H,14,15)(H2,10,11,12,13). The molecule has 1 aromatic heterocycles. The van der Waals surface area contributed by atoms with Crippen LogP contribution in [0.25, 0.3) is 0 Å². The highest BCUT2D eigenvalue weighted by Crippen LogP contribution is 2.04. The zero-order valence-electron chi connectivity index (χ0n) is 8.82. The summed E-state index contributed by atoms with van der Waals surface area (Å²) in [5.74, 6) is -1.32. The molecule has 16 heavy (non-hydrogen) atoms. The number of H-pyrrole nitrogens is 1. The van der Waals surface area contributed by atoms with Gasteiger partial charge in [0.1, 0.15) is 12.3 Å². The molecule has 0 saturated heterocycles. The van der Waals surface area contributed by atoms with Crippen LogP contribution in [-0.2, 0) is 9.53 Å². The summed E-state index contributed by atoms with van der Waals surface area (Å²) in [5.41, 5.74) is -0.0789. The number of aromatic carboxylic acids is 1. The molecule has 0 aromatic carbocycles. The monoisotopic (exact) mass is 227 g/mol. The van der Waals surface area contributed by atoms with E-state index < -0.39 is 5.97 Å². The molecule has 0 fully saturated rings. The van der Waals surface area contributed by atoms with Gasteiger partial charge in [0.25, 0.3) is 5.91 Å². The first-order valence-electron chi connectivity index (χ1n) is 4.79. The molecular weight excluding hydrogens is 214 g/mol. The largest absolute Gasteiger partial charge is 0.477 e. The van der Waals surface area contributed by atoms with Gasteiger partial charge in [-0.05, 0) is 6.42 Å². The van der Waals surface area contributed by atoms with Gasteiger partial charge in [-0.15, -0.1) is 0 Å². The van der Waals surface area contributed by atoms with Crippen molar-refractivity contribution in [2.24, 2.45) is 0 Å². The van der Waals surface area contributed by atoms with Gasteiger partial charge < -0.3 is 15.2 Å². The van der Waals surface area contributed by atoms with Gasteiger partial charge in [0.2, 0.25) is 0 Å². The summed E-state index contributed by atoms with van der Waals surface area (Å²) in [5, 5.41) is 16.9. The van der Waals surface area contributed by atoms with Crippen LogP contribution in [0.5, 0.6) is 0 Å². The third-order valence-electron chi connectivity index (χ3n) is 1.66. The Kier molecular flexibility index (Phi) is 4.46. The molecule has 1 amide bonds. The molecule has 3 N–H and O–H groups in total. The molecule has 0 aliphatic rings. The van der Waals surface area contributed by atoms with Crippen LogP contribution in [0, 0.1) is 0 Å². The lowest BCUT2D eigenvalue weighted by Gasteiger charge is -2.01. The quantitative estimate of drug-likeness (QED) is 0.613. The number of carbonyl (C=O) groups excluding carboxylic acids is 1. The molecule has 0 unspecified atom stereocenters. The molecule has 1 rings (SSSR count). The van der Waals surface area contributed by atoms with Gasteiger partial charge in [0.15, 0.2) is 5.82 Å². The van der Waals surface area contributed by atoms with Crippen molar-refractivity contribution in [1.82, 2.24) is 10.2 Å². The summed E-state index contributed by atoms with van der Waals surface area (Å²) in [7, 11) is 0. The number of carbonyl (C=O) groups is 2. The molecule has 0 atom stereocenters. The molecule has 1 heterocycles. The average molecular weight is 227 g/mol. The molecular formula is C9H13N3O4. The summed E-state index contributed by atoms with van der Waals surface area (Å²) in [6.45, 7) is 2.38. The Bertz CT molecular complexity index is 375. The Labute approximate surface area is 91.8 Å². The molecule has 7 nitrogen and oxygen atoms in total. The van der Waals surface area contributed by atoms with Gasteiger partial charge in [-0.2, -0.15) is 5.10 Å². The molecule has 0 saturated carbocycles. The van der Waals surface area contributed by atoms with Gasteiger partial charge in [-0.3, -0.25) is 9.89 Å². The van der Waals surface area contributed by atoms with Gasteiger partial charge in [0, 0.05) is 12.7 Å². The van der Waals surface area contributed by atoms with Crippen molar-refractivity contribution in [3.8, 4) is 0 Å². The lowest BCUT2D eigenvalue weighted by Crippen LogP contribution is -2.18. The van der Waals surface area contributed by atoms with Crippen molar-refractivity contribution in [1.29, 1.82) is 0 Å². The van der Waals surface area contributed by atoms with E-state index in [1.165, 1.54) is 6.07 Å². The van der Waals surface area contributed by atoms with Crippen LogP contribution in [0.4, 0.5) is 5.82 Å². The number of amides is 1. The van der Waals surface area contributed by atoms with Crippen LogP contribution in [0.3, 0.4) is 0 Å². The SMILES string of the molecule is CCCOCC(=O)Nc1cc(C(=O)O)[nH]n1. The third-order valence-corrected chi connectivity index (χ3v) is 1.66. The number of rotatable bonds is 6. The summed E-state index contributed by atoms with van der Waals surface area (Å²) in [6, 6.07) is 1.24. The Hall–Kier alpha value is -1.89. The second-order valence-electron chi connectivity index (χ2n) is 3.07. The molecule has 0 aliphatic carbocycles. The summed E-state index contributed by atoms with van der Waals surface area (Å²) in [6.07, 6.45) is 0.832. The van der Waals surface area contributed by atoms with E-state index in [2.05, 4.69) is 15.5 Å². The first-order chi connectivity index (χ1) is 7.63. The van der Waals surface area contributed by atoms with Crippen molar-refractivity contribution in [3.05, 3.63) is 11.8 Å². The first kappa shape index (κ1) is 12.2. The topological polar surface area (TPSA) is 104 Å². The highest BCUT2D eigenvalue weighted by Gasteiger charge is 2.09. The minimum Gasteiger partial charge on any atom is -0.477 e. The second-order valence-corrected chi connectivity index (χ2v) is 3.07. The summed E-state index contributed by atoms with van der Waals surface area (Å²) in [4.78, 5) is 21.7. The number of aromatic amines is 1. The number of ether oxygens (including phenoxy) is 1. The molecule has 0 spiro atoms. The number of carboxylic acids is 1. The van der Waals surface area contributed by atoms with E-state index in [9.17, 15) is 9.59 Å². The molecule has 0 bridgehead atoms. The van der Waals surface area contributed by atoms with Crippen molar-refractivity contribution in [2.45, 2.75) is 13.3 Å². The highest BCUT2D eigenvalue weighted by atomic mass is 16.5. The van der Waals surface area contributed by atoms with E-state index in [4.69, 9.17) is 9.84 Å². The number of aromatic nitrogens is 2. The number of nitrogens with one attached hydrogen (secondary N) is 2. The average Bonchev–Trinajstić information content (AvgIpc) is 2.66. The lowest BCUT2D eigenvalue weighted by molar-refractivity contribution is -0.120. The Morgan fingerprint density at radius 1 is 1.62 bits per heavy atom. The number of hydrogen-bond acceptors (Lipinski definition) is 4. The summed E-state index contributed by atoms with van der Waals surface area (Å²) < 4.78 is 5.00. The fraction of sp³-hybridized carbons (Fsp3) is 0.444. The normalized spacial score (nSPS) is 10.1. The smallest absolute Gasteiger partial charge is 0.353 e. The first-order valence-corrected chi connectivity index (χ1v) is 4.79. The zero-order chi connectivity index (χ0) is 12.0. The van der Waals surface area contributed by atoms with Crippen molar-refractivity contribution in [3.63, 3.8) is 0 Å². The van der Waals surface area contributed by atoms with Crippen LogP contribution >= 0.6 is 0 Å². The summed E-state index contributed by atoms with van der Waals surface area (Å²) >= 11 is 0. The Balaban J connectivity index is 2.40. The van der Waals surface area contributed by atoms with Crippen molar-refractivity contribution in [2.75, 3.05) is 18.5 Å². The Morgan fingerprint density at radius 2 is 2.38 bits per heavy atom. The molecule has 0 radical (unpaired) electrons. The van der Waals surface area contributed by atoms with Crippen LogP contribution in [0.2, 0.25) is 0 Å². The van der Waals surface area contributed by atoms with E-state index >= 15 is 0 Å².